The lowest BCUT2D eigenvalue weighted by Crippen LogP contribution is -2.44. The lowest BCUT2D eigenvalue weighted by molar-refractivity contribution is -0.129. The molecular weight excluding hydrogens is 574 g/mol. The van der Waals surface area contributed by atoms with Gasteiger partial charge in [-0.05, 0) is 43.5 Å². The molecule has 12 heteroatoms. The number of carbonyl (C=O) groups is 1. The highest BCUT2D eigenvalue weighted by Gasteiger charge is 2.30. The molecule has 1 atom stereocenters. The molecule has 220 valence electrons. The number of carbonyl (C=O) groups excluding carboxylic acids is 1. The van der Waals surface area contributed by atoms with Gasteiger partial charge in [0.05, 0.1) is 42.3 Å². The molecule has 0 unspecified atom stereocenters. The SMILES string of the molecule is C=CC(=O)N1Cc2cc(-c3nc(-c4ccnc(C)n4)c4ccsc4c3-c3c(F)cc(F)cc3OCCOC)nn2C[C@H]1C. The lowest BCUT2D eigenvalue weighted by atomic mass is 9.97. The normalized spacial score (nSPS) is 14.6. The number of fused-ring (bicyclic) bond motifs is 2. The summed E-state index contributed by atoms with van der Waals surface area (Å²) in [6, 6.07) is 7.40. The number of ether oxygens (including phenoxy) is 2. The van der Waals surface area contributed by atoms with Crippen molar-refractivity contribution in [3.63, 3.8) is 0 Å². The van der Waals surface area contributed by atoms with Crippen LogP contribution in [0, 0.1) is 18.6 Å². The number of hydrogen-bond acceptors (Lipinski definition) is 8. The van der Waals surface area contributed by atoms with Gasteiger partial charge < -0.3 is 14.4 Å². The summed E-state index contributed by atoms with van der Waals surface area (Å²) < 4.78 is 43.9. The Morgan fingerprint density at radius 2 is 1.98 bits per heavy atom. The summed E-state index contributed by atoms with van der Waals surface area (Å²) in [6.45, 7) is 8.47. The van der Waals surface area contributed by atoms with Gasteiger partial charge in [-0.15, -0.1) is 11.3 Å². The molecule has 1 amide bonds. The summed E-state index contributed by atoms with van der Waals surface area (Å²) in [7, 11) is 1.52. The molecule has 0 fully saturated rings. The van der Waals surface area contributed by atoms with Crippen LogP contribution in [0.1, 0.15) is 18.4 Å². The standard InChI is InChI=1S/C31H28F2N6O3S/c1-5-26(40)38-16-20-14-24(37-39(20)15-17(38)2)30-28(27-22(33)12-19(32)13-25(27)42-10-9-41-4)31-21(7-11-43-31)29(36-30)23-6-8-34-18(3)35-23/h5-8,11-14,17H,1,9-10,15-16H2,2-4H3/t17-/m1/s1. The van der Waals surface area contributed by atoms with Crippen LogP contribution in [0.2, 0.25) is 0 Å². The summed E-state index contributed by atoms with van der Waals surface area (Å²) in [5.74, 6) is -1.13. The first-order valence-electron chi connectivity index (χ1n) is 13.6. The number of hydrogen-bond donors (Lipinski definition) is 0. The Labute approximate surface area is 250 Å². The highest BCUT2D eigenvalue weighted by molar-refractivity contribution is 7.18. The zero-order valence-corrected chi connectivity index (χ0v) is 24.6. The van der Waals surface area contributed by atoms with Crippen molar-refractivity contribution in [3.8, 4) is 39.7 Å². The minimum absolute atomic E-state index is 0.0262. The third-order valence-electron chi connectivity index (χ3n) is 7.31. The molecule has 5 heterocycles. The molecule has 43 heavy (non-hydrogen) atoms. The third-order valence-corrected chi connectivity index (χ3v) is 8.24. The number of rotatable bonds is 8. The first-order valence-corrected chi connectivity index (χ1v) is 14.5. The van der Waals surface area contributed by atoms with Crippen molar-refractivity contribution in [1.29, 1.82) is 0 Å². The van der Waals surface area contributed by atoms with Gasteiger partial charge in [0.2, 0.25) is 5.91 Å². The van der Waals surface area contributed by atoms with Crippen LogP contribution in [0.5, 0.6) is 5.75 Å². The zero-order chi connectivity index (χ0) is 30.2. The van der Waals surface area contributed by atoms with Gasteiger partial charge in [-0.25, -0.2) is 23.7 Å². The predicted octanol–water partition coefficient (Wildman–Crippen LogP) is 5.81. The summed E-state index contributed by atoms with van der Waals surface area (Å²) in [6.07, 6.45) is 2.96. The van der Waals surface area contributed by atoms with Gasteiger partial charge in [0.1, 0.15) is 41.2 Å². The summed E-state index contributed by atoms with van der Waals surface area (Å²) in [5.41, 5.74) is 3.30. The van der Waals surface area contributed by atoms with Crippen molar-refractivity contribution in [2.24, 2.45) is 0 Å². The second-order valence-electron chi connectivity index (χ2n) is 10.2. The smallest absolute Gasteiger partial charge is 0.246 e. The van der Waals surface area contributed by atoms with Crippen LogP contribution < -0.4 is 4.74 Å². The van der Waals surface area contributed by atoms with Gasteiger partial charge in [-0.3, -0.25) is 9.48 Å². The van der Waals surface area contributed by atoms with Crippen LogP contribution in [0.25, 0.3) is 44.0 Å². The minimum atomic E-state index is -0.795. The van der Waals surface area contributed by atoms with Crippen molar-refractivity contribution >= 4 is 27.3 Å². The molecule has 6 rings (SSSR count). The van der Waals surface area contributed by atoms with Crippen molar-refractivity contribution in [3.05, 3.63) is 77.7 Å². The van der Waals surface area contributed by atoms with Crippen LogP contribution in [0.3, 0.4) is 0 Å². The van der Waals surface area contributed by atoms with Crippen molar-refractivity contribution in [1.82, 2.24) is 29.6 Å². The number of benzene rings is 1. The van der Waals surface area contributed by atoms with Crippen molar-refractivity contribution < 1.29 is 23.0 Å². The highest BCUT2D eigenvalue weighted by atomic mass is 32.1. The van der Waals surface area contributed by atoms with Crippen LogP contribution >= 0.6 is 11.3 Å². The van der Waals surface area contributed by atoms with E-state index in [1.165, 1.54) is 24.5 Å². The van der Waals surface area contributed by atoms with Gasteiger partial charge in [-0.1, -0.05) is 6.58 Å². The van der Waals surface area contributed by atoms with E-state index in [4.69, 9.17) is 19.6 Å². The Bertz CT molecular complexity index is 1870. The van der Waals surface area contributed by atoms with Gasteiger partial charge in [0.25, 0.3) is 0 Å². The number of methoxy groups -OCH3 is 1. The maximum atomic E-state index is 15.9. The van der Waals surface area contributed by atoms with Crippen molar-refractivity contribution in [2.45, 2.75) is 33.0 Å². The quantitative estimate of drug-likeness (QED) is 0.163. The van der Waals surface area contributed by atoms with Crippen LogP contribution in [-0.2, 0) is 22.6 Å². The second-order valence-corrected chi connectivity index (χ2v) is 11.1. The van der Waals surface area contributed by atoms with E-state index in [0.717, 1.165) is 23.2 Å². The first-order chi connectivity index (χ1) is 20.8. The van der Waals surface area contributed by atoms with E-state index in [9.17, 15) is 9.18 Å². The molecule has 0 saturated heterocycles. The largest absolute Gasteiger partial charge is 0.490 e. The molecule has 0 bridgehead atoms. The molecule has 0 aliphatic carbocycles. The number of nitrogens with zero attached hydrogens (tertiary/aromatic N) is 6. The Morgan fingerprint density at radius 3 is 2.74 bits per heavy atom. The van der Waals surface area contributed by atoms with Gasteiger partial charge in [-0.2, -0.15) is 5.10 Å². The molecule has 0 N–H and O–H groups in total. The number of aromatic nitrogens is 5. The molecule has 1 aromatic carbocycles. The summed E-state index contributed by atoms with van der Waals surface area (Å²) in [5, 5.41) is 7.51. The van der Waals surface area contributed by atoms with E-state index in [-0.39, 0.29) is 36.5 Å². The van der Waals surface area contributed by atoms with Gasteiger partial charge >= 0.3 is 0 Å². The number of thiophene rings is 1. The lowest BCUT2D eigenvalue weighted by Gasteiger charge is -2.33. The second kappa shape index (κ2) is 11.6. The third kappa shape index (κ3) is 5.28. The predicted molar refractivity (Wildman–Crippen MR) is 160 cm³/mol. The molecule has 5 aromatic rings. The van der Waals surface area contributed by atoms with E-state index < -0.39 is 11.6 Å². The van der Waals surface area contributed by atoms with Crippen LogP contribution in [0.4, 0.5) is 8.78 Å². The van der Waals surface area contributed by atoms with Gasteiger partial charge in [0.15, 0.2) is 0 Å². The highest BCUT2D eigenvalue weighted by Crippen LogP contribution is 2.47. The number of halogens is 2. The van der Waals surface area contributed by atoms with E-state index in [1.54, 1.807) is 24.1 Å². The Morgan fingerprint density at radius 1 is 1.14 bits per heavy atom. The average molecular weight is 603 g/mol. The number of pyridine rings is 1. The van der Waals surface area contributed by atoms with E-state index in [0.29, 0.717) is 52.0 Å². The summed E-state index contributed by atoms with van der Waals surface area (Å²) >= 11 is 1.40. The maximum Gasteiger partial charge on any atom is 0.246 e. The molecule has 0 spiro atoms. The fourth-order valence-corrected chi connectivity index (χ4v) is 6.26. The summed E-state index contributed by atoms with van der Waals surface area (Å²) in [4.78, 5) is 28.1. The molecule has 1 aliphatic heterocycles. The Hall–Kier alpha value is -4.55. The zero-order valence-electron chi connectivity index (χ0n) is 23.8. The van der Waals surface area contributed by atoms with E-state index in [1.807, 2.05) is 29.1 Å². The molecule has 0 radical (unpaired) electrons. The first kappa shape index (κ1) is 28.6. The van der Waals surface area contributed by atoms with Crippen LogP contribution in [0.15, 0.2) is 54.6 Å². The Balaban J connectivity index is 1.63. The molecule has 1 aliphatic rings. The fourth-order valence-electron chi connectivity index (χ4n) is 5.31. The Kier molecular flexibility index (Phi) is 7.72. The molecule has 0 saturated carbocycles. The number of amides is 1. The minimum Gasteiger partial charge on any atom is -0.490 e. The fraction of sp³-hybridized carbons (Fsp3) is 0.258. The monoisotopic (exact) mass is 602 g/mol. The van der Waals surface area contributed by atoms with E-state index >= 15 is 4.39 Å². The van der Waals surface area contributed by atoms with Crippen LogP contribution in [-0.4, -0.2) is 61.9 Å². The topological polar surface area (TPSA) is 95.3 Å². The molecular formula is C31H28F2N6O3S. The van der Waals surface area contributed by atoms with Crippen molar-refractivity contribution in [2.75, 3.05) is 20.3 Å². The van der Waals surface area contributed by atoms with E-state index in [2.05, 4.69) is 16.5 Å². The molecule has 9 nitrogen and oxygen atoms in total. The average Bonchev–Trinajstić information content (AvgIpc) is 3.63. The molecule has 4 aromatic heterocycles. The maximum absolute atomic E-state index is 15.9. The number of aryl methyl sites for hydroxylation is 1. The van der Waals surface area contributed by atoms with Gasteiger partial charge in [0, 0.05) is 47.1 Å².